The summed E-state index contributed by atoms with van der Waals surface area (Å²) in [5.74, 6) is 1.94. The van der Waals surface area contributed by atoms with Gasteiger partial charge in [0.25, 0.3) is 0 Å². The maximum atomic E-state index is 3.52. The highest BCUT2D eigenvalue weighted by Gasteiger charge is 2.27. The normalized spacial score (nSPS) is 29.4. The second-order valence-electron chi connectivity index (χ2n) is 5.07. The van der Waals surface area contributed by atoms with Crippen LogP contribution in [0.25, 0.3) is 0 Å². The van der Waals surface area contributed by atoms with Crippen LogP contribution < -0.4 is 5.32 Å². The first-order valence-electron chi connectivity index (χ1n) is 6.45. The molecule has 0 heterocycles. The van der Waals surface area contributed by atoms with E-state index in [1.54, 1.807) is 0 Å². The Kier molecular flexibility index (Phi) is 5.54. The summed E-state index contributed by atoms with van der Waals surface area (Å²) < 4.78 is 0. The molecule has 1 aliphatic carbocycles. The van der Waals surface area contributed by atoms with Gasteiger partial charge < -0.3 is 5.32 Å². The van der Waals surface area contributed by atoms with Crippen molar-refractivity contribution in [1.82, 2.24) is 5.32 Å². The second-order valence-corrected chi connectivity index (χ2v) is 5.07. The first kappa shape index (κ1) is 12.0. The van der Waals surface area contributed by atoms with Crippen molar-refractivity contribution in [2.75, 3.05) is 7.05 Å². The molecule has 84 valence electrons. The highest BCUT2D eigenvalue weighted by Crippen LogP contribution is 2.33. The van der Waals surface area contributed by atoms with Crippen LogP contribution in [0.2, 0.25) is 0 Å². The van der Waals surface area contributed by atoms with E-state index >= 15 is 0 Å². The Morgan fingerprint density at radius 2 is 2.07 bits per heavy atom. The van der Waals surface area contributed by atoms with Crippen LogP contribution in [0.15, 0.2) is 0 Å². The number of rotatable bonds is 6. The molecule has 0 aliphatic heterocycles. The average molecular weight is 197 g/mol. The molecule has 1 fully saturated rings. The highest BCUT2D eigenvalue weighted by atomic mass is 14.9. The topological polar surface area (TPSA) is 12.0 Å². The van der Waals surface area contributed by atoms with Gasteiger partial charge in [-0.05, 0) is 38.1 Å². The molecule has 0 aromatic heterocycles. The first-order chi connectivity index (χ1) is 6.77. The highest BCUT2D eigenvalue weighted by molar-refractivity contribution is 4.82. The van der Waals surface area contributed by atoms with Crippen molar-refractivity contribution in [3.05, 3.63) is 0 Å². The minimum Gasteiger partial charge on any atom is -0.317 e. The van der Waals surface area contributed by atoms with Crippen molar-refractivity contribution < 1.29 is 0 Å². The molecule has 0 bridgehead atoms. The van der Waals surface area contributed by atoms with Gasteiger partial charge in [-0.15, -0.1) is 0 Å². The van der Waals surface area contributed by atoms with Gasteiger partial charge in [-0.3, -0.25) is 0 Å². The van der Waals surface area contributed by atoms with Crippen LogP contribution in [0.1, 0.15) is 58.8 Å². The minimum absolute atomic E-state index is 0.798. The van der Waals surface area contributed by atoms with Crippen LogP contribution in [-0.2, 0) is 0 Å². The Labute approximate surface area is 89.7 Å². The fourth-order valence-electron chi connectivity index (χ4n) is 2.85. The van der Waals surface area contributed by atoms with Gasteiger partial charge in [-0.1, -0.05) is 39.5 Å². The van der Waals surface area contributed by atoms with Gasteiger partial charge in [-0.25, -0.2) is 0 Å². The van der Waals surface area contributed by atoms with Gasteiger partial charge in [0.15, 0.2) is 0 Å². The van der Waals surface area contributed by atoms with Crippen LogP contribution in [0, 0.1) is 11.8 Å². The molecular formula is C13H27N. The molecule has 0 spiro atoms. The predicted molar refractivity (Wildman–Crippen MR) is 63.5 cm³/mol. The molecule has 14 heavy (non-hydrogen) atoms. The first-order valence-corrected chi connectivity index (χ1v) is 6.45. The second kappa shape index (κ2) is 6.44. The summed E-state index contributed by atoms with van der Waals surface area (Å²) >= 11 is 0. The van der Waals surface area contributed by atoms with Crippen LogP contribution in [0.5, 0.6) is 0 Å². The summed E-state index contributed by atoms with van der Waals surface area (Å²) in [5, 5.41) is 3.52. The molecule has 1 saturated carbocycles. The quantitative estimate of drug-likeness (QED) is 0.642. The molecule has 0 saturated heterocycles. The van der Waals surface area contributed by atoms with Gasteiger partial charge in [0.1, 0.15) is 0 Å². The predicted octanol–water partition coefficient (Wildman–Crippen LogP) is 3.59. The molecule has 1 heteroatoms. The van der Waals surface area contributed by atoms with Crippen LogP contribution in [-0.4, -0.2) is 13.1 Å². The van der Waals surface area contributed by atoms with E-state index in [1.807, 2.05) is 0 Å². The lowest BCUT2D eigenvalue weighted by molar-refractivity contribution is 0.342. The lowest BCUT2D eigenvalue weighted by Gasteiger charge is -2.23. The van der Waals surface area contributed by atoms with Crippen molar-refractivity contribution in [2.45, 2.75) is 64.8 Å². The summed E-state index contributed by atoms with van der Waals surface area (Å²) in [6.07, 6.45) is 9.92. The summed E-state index contributed by atoms with van der Waals surface area (Å²) in [6, 6.07) is 0.798. The average Bonchev–Trinajstić information content (AvgIpc) is 2.60. The van der Waals surface area contributed by atoms with E-state index in [0.717, 1.165) is 17.9 Å². The van der Waals surface area contributed by atoms with Gasteiger partial charge in [0, 0.05) is 6.04 Å². The molecule has 1 N–H and O–H groups in total. The van der Waals surface area contributed by atoms with Gasteiger partial charge >= 0.3 is 0 Å². The molecule has 0 amide bonds. The zero-order valence-electron chi connectivity index (χ0n) is 10.2. The van der Waals surface area contributed by atoms with E-state index in [-0.39, 0.29) is 0 Å². The standard InChI is InChI=1S/C13H27N/c1-4-5-6-7-13(14-3)12-9-8-11(2)10-12/h11-14H,4-10H2,1-3H3. The van der Waals surface area contributed by atoms with Gasteiger partial charge in [-0.2, -0.15) is 0 Å². The third-order valence-corrected chi connectivity index (χ3v) is 3.79. The summed E-state index contributed by atoms with van der Waals surface area (Å²) in [5.41, 5.74) is 0. The smallest absolute Gasteiger partial charge is 0.00924 e. The monoisotopic (exact) mass is 197 g/mol. The fourth-order valence-corrected chi connectivity index (χ4v) is 2.85. The third-order valence-electron chi connectivity index (χ3n) is 3.79. The fraction of sp³-hybridized carbons (Fsp3) is 1.00. The maximum Gasteiger partial charge on any atom is 0.00924 e. The molecule has 0 radical (unpaired) electrons. The van der Waals surface area contributed by atoms with Crippen LogP contribution >= 0.6 is 0 Å². The zero-order valence-corrected chi connectivity index (χ0v) is 10.2. The number of unbranched alkanes of at least 4 members (excludes halogenated alkanes) is 2. The van der Waals surface area contributed by atoms with Crippen LogP contribution in [0.3, 0.4) is 0 Å². The van der Waals surface area contributed by atoms with E-state index in [0.29, 0.717) is 0 Å². The van der Waals surface area contributed by atoms with E-state index in [9.17, 15) is 0 Å². The molecule has 1 rings (SSSR count). The molecule has 1 aliphatic rings. The molecular weight excluding hydrogens is 170 g/mol. The summed E-state index contributed by atoms with van der Waals surface area (Å²) in [4.78, 5) is 0. The van der Waals surface area contributed by atoms with Gasteiger partial charge in [0.2, 0.25) is 0 Å². The summed E-state index contributed by atoms with van der Waals surface area (Å²) in [6.45, 7) is 4.69. The third kappa shape index (κ3) is 3.61. The SMILES string of the molecule is CCCCCC(NC)C1CCC(C)C1. The Morgan fingerprint density at radius 1 is 1.29 bits per heavy atom. The molecule has 0 aromatic carbocycles. The molecule has 0 aromatic rings. The van der Waals surface area contributed by atoms with Crippen molar-refractivity contribution in [3.63, 3.8) is 0 Å². The van der Waals surface area contributed by atoms with E-state index in [2.05, 4.69) is 26.2 Å². The van der Waals surface area contributed by atoms with Crippen LogP contribution in [0.4, 0.5) is 0 Å². The maximum absolute atomic E-state index is 3.52. The van der Waals surface area contributed by atoms with Crippen molar-refractivity contribution in [3.8, 4) is 0 Å². The molecule has 1 nitrogen and oxygen atoms in total. The van der Waals surface area contributed by atoms with Gasteiger partial charge in [0.05, 0.1) is 0 Å². The Hall–Kier alpha value is -0.0400. The lowest BCUT2D eigenvalue weighted by atomic mass is 9.92. The van der Waals surface area contributed by atoms with Crippen molar-refractivity contribution in [1.29, 1.82) is 0 Å². The van der Waals surface area contributed by atoms with E-state index in [1.165, 1.54) is 44.9 Å². The Balaban J connectivity index is 2.23. The van der Waals surface area contributed by atoms with Crippen molar-refractivity contribution >= 4 is 0 Å². The molecule has 3 atom stereocenters. The largest absolute Gasteiger partial charge is 0.317 e. The Morgan fingerprint density at radius 3 is 2.57 bits per heavy atom. The number of hydrogen-bond acceptors (Lipinski definition) is 1. The minimum atomic E-state index is 0.798. The van der Waals surface area contributed by atoms with E-state index < -0.39 is 0 Å². The Bertz CT molecular complexity index is 144. The zero-order chi connectivity index (χ0) is 10.4. The van der Waals surface area contributed by atoms with E-state index in [4.69, 9.17) is 0 Å². The summed E-state index contributed by atoms with van der Waals surface area (Å²) in [7, 11) is 2.14. The number of hydrogen-bond donors (Lipinski definition) is 1. The van der Waals surface area contributed by atoms with Crippen molar-refractivity contribution in [2.24, 2.45) is 11.8 Å². The molecule has 3 unspecified atom stereocenters. The number of nitrogens with one attached hydrogen (secondary N) is 1. The lowest BCUT2D eigenvalue weighted by Crippen LogP contribution is -2.32.